The Morgan fingerprint density at radius 3 is 2.71 bits per heavy atom. The molecule has 4 nitrogen and oxygen atoms in total. The van der Waals surface area contributed by atoms with Crippen molar-refractivity contribution in [3.05, 3.63) is 59.4 Å². The van der Waals surface area contributed by atoms with Gasteiger partial charge in [-0.3, -0.25) is 4.99 Å². The second-order valence-corrected chi connectivity index (χ2v) is 6.02. The number of rotatable bonds is 3. The minimum atomic E-state index is 0.820. The van der Waals surface area contributed by atoms with Gasteiger partial charge in [0.25, 0.3) is 0 Å². The van der Waals surface area contributed by atoms with E-state index in [1.807, 2.05) is 31.3 Å². The molecule has 4 rings (SSSR count). The summed E-state index contributed by atoms with van der Waals surface area (Å²) in [7, 11) is 1.69. The second kappa shape index (κ2) is 5.57. The number of nitrogens with zero attached hydrogens (tertiary/aromatic N) is 1. The van der Waals surface area contributed by atoms with Crippen LogP contribution in [-0.2, 0) is 0 Å². The third kappa shape index (κ3) is 2.36. The van der Waals surface area contributed by atoms with Gasteiger partial charge in [0, 0.05) is 29.1 Å². The van der Waals surface area contributed by atoms with Crippen molar-refractivity contribution in [1.82, 2.24) is 9.97 Å². The van der Waals surface area contributed by atoms with Crippen LogP contribution >= 0.6 is 0 Å². The van der Waals surface area contributed by atoms with Crippen LogP contribution in [0.5, 0.6) is 5.75 Å². The average Bonchev–Trinajstić information content (AvgIpc) is 3.28. The standard InChI is InChI=1S/C20H19N3O/c1-12-6-7-16-15(9-12)14(13(2)22-16)10-19-20(24-3)11-18(23-19)17-5-4-8-21-17/h4-11,21,23H,1-3H3/b14-10+. The molecule has 1 aliphatic rings. The number of aromatic nitrogens is 2. The smallest absolute Gasteiger partial charge is 0.144 e. The number of H-pyrrole nitrogens is 2. The summed E-state index contributed by atoms with van der Waals surface area (Å²) in [6, 6.07) is 12.4. The lowest BCUT2D eigenvalue weighted by atomic mass is 10.0. The number of hydrogen-bond donors (Lipinski definition) is 2. The Morgan fingerprint density at radius 2 is 1.96 bits per heavy atom. The molecule has 0 fully saturated rings. The summed E-state index contributed by atoms with van der Waals surface area (Å²) in [5, 5.41) is 0. The maximum Gasteiger partial charge on any atom is 0.144 e. The molecule has 120 valence electrons. The largest absolute Gasteiger partial charge is 0.494 e. The van der Waals surface area contributed by atoms with Crippen LogP contribution in [-0.4, -0.2) is 22.8 Å². The molecule has 4 heteroatoms. The molecule has 1 aromatic carbocycles. The predicted molar refractivity (Wildman–Crippen MR) is 99.0 cm³/mol. The van der Waals surface area contributed by atoms with Crippen LogP contribution in [0.4, 0.5) is 5.69 Å². The van der Waals surface area contributed by atoms with Gasteiger partial charge in [0.2, 0.25) is 0 Å². The zero-order chi connectivity index (χ0) is 16.7. The molecule has 2 aromatic heterocycles. The summed E-state index contributed by atoms with van der Waals surface area (Å²) < 4.78 is 5.55. The Bertz CT molecular complexity index is 959. The number of fused-ring (bicyclic) bond motifs is 1. The van der Waals surface area contributed by atoms with E-state index < -0.39 is 0 Å². The molecule has 3 aromatic rings. The van der Waals surface area contributed by atoms with Gasteiger partial charge >= 0.3 is 0 Å². The van der Waals surface area contributed by atoms with E-state index in [2.05, 4.69) is 46.2 Å². The first-order valence-corrected chi connectivity index (χ1v) is 7.95. The molecule has 24 heavy (non-hydrogen) atoms. The number of allylic oxidation sites excluding steroid dienone is 1. The highest BCUT2D eigenvalue weighted by atomic mass is 16.5. The minimum absolute atomic E-state index is 0.820. The van der Waals surface area contributed by atoms with Gasteiger partial charge < -0.3 is 14.7 Å². The Morgan fingerprint density at radius 1 is 1.08 bits per heavy atom. The van der Waals surface area contributed by atoms with Gasteiger partial charge in [-0.05, 0) is 44.2 Å². The fraction of sp³-hybridized carbons (Fsp3) is 0.150. The molecule has 0 amide bonds. The summed E-state index contributed by atoms with van der Waals surface area (Å²) in [5.74, 6) is 0.820. The van der Waals surface area contributed by atoms with Gasteiger partial charge in [-0.15, -0.1) is 0 Å². The first-order valence-electron chi connectivity index (χ1n) is 7.95. The zero-order valence-corrected chi connectivity index (χ0v) is 14.0. The monoisotopic (exact) mass is 317 g/mol. The fourth-order valence-electron chi connectivity index (χ4n) is 3.10. The van der Waals surface area contributed by atoms with Crippen LogP contribution in [0, 0.1) is 6.92 Å². The maximum atomic E-state index is 5.55. The summed E-state index contributed by atoms with van der Waals surface area (Å²) >= 11 is 0. The van der Waals surface area contributed by atoms with E-state index in [0.717, 1.165) is 39.8 Å². The molecule has 0 aliphatic carbocycles. The van der Waals surface area contributed by atoms with Crippen molar-refractivity contribution in [3.63, 3.8) is 0 Å². The van der Waals surface area contributed by atoms with Crippen molar-refractivity contribution < 1.29 is 4.74 Å². The molecular weight excluding hydrogens is 298 g/mol. The van der Waals surface area contributed by atoms with Crippen LogP contribution in [0.15, 0.2) is 47.6 Å². The van der Waals surface area contributed by atoms with E-state index >= 15 is 0 Å². The van der Waals surface area contributed by atoms with Crippen molar-refractivity contribution >= 4 is 23.0 Å². The first kappa shape index (κ1) is 14.6. The molecule has 0 saturated heterocycles. The quantitative estimate of drug-likeness (QED) is 0.704. The summed E-state index contributed by atoms with van der Waals surface area (Å²) in [6.07, 6.45) is 4.03. The van der Waals surface area contributed by atoms with Crippen molar-refractivity contribution in [1.29, 1.82) is 0 Å². The SMILES string of the molecule is COc1cc(-c2ccc[nH]2)[nH]c1/C=C1\C(C)=Nc2ccc(C)cc21. The van der Waals surface area contributed by atoms with Crippen LogP contribution in [0.1, 0.15) is 23.7 Å². The topological polar surface area (TPSA) is 53.2 Å². The van der Waals surface area contributed by atoms with Crippen LogP contribution in [0.25, 0.3) is 23.0 Å². The van der Waals surface area contributed by atoms with Crippen molar-refractivity contribution in [2.45, 2.75) is 13.8 Å². The number of aliphatic imine (C=N–C) groups is 1. The molecular formula is C20H19N3O. The number of ether oxygens (including phenoxy) is 1. The number of aromatic amines is 2. The number of methoxy groups -OCH3 is 1. The number of hydrogen-bond acceptors (Lipinski definition) is 2. The highest BCUT2D eigenvalue weighted by Gasteiger charge is 2.19. The van der Waals surface area contributed by atoms with Crippen molar-refractivity contribution in [2.75, 3.05) is 7.11 Å². The summed E-state index contributed by atoms with van der Waals surface area (Å²) in [4.78, 5) is 11.3. The lowest BCUT2D eigenvalue weighted by molar-refractivity contribution is 0.414. The predicted octanol–water partition coefficient (Wildman–Crippen LogP) is 4.97. The molecule has 0 unspecified atom stereocenters. The third-order valence-corrected chi connectivity index (χ3v) is 4.33. The molecule has 0 saturated carbocycles. The molecule has 0 atom stereocenters. The van der Waals surface area contributed by atoms with E-state index in [0.29, 0.717) is 0 Å². The lowest BCUT2D eigenvalue weighted by Crippen LogP contribution is -1.92. The molecule has 0 bridgehead atoms. The second-order valence-electron chi connectivity index (χ2n) is 6.02. The Hall–Kier alpha value is -3.01. The van der Waals surface area contributed by atoms with Gasteiger partial charge in [-0.1, -0.05) is 11.6 Å². The normalized spacial score (nSPS) is 14.8. The fourth-order valence-corrected chi connectivity index (χ4v) is 3.10. The van der Waals surface area contributed by atoms with Gasteiger partial charge in [0.15, 0.2) is 0 Å². The van der Waals surface area contributed by atoms with E-state index in [1.54, 1.807) is 7.11 Å². The first-order chi connectivity index (χ1) is 11.7. The van der Waals surface area contributed by atoms with Gasteiger partial charge in [-0.2, -0.15) is 0 Å². The lowest BCUT2D eigenvalue weighted by Gasteiger charge is -2.04. The maximum absolute atomic E-state index is 5.55. The van der Waals surface area contributed by atoms with Crippen LogP contribution in [0.3, 0.4) is 0 Å². The Kier molecular flexibility index (Phi) is 3.38. The molecule has 3 heterocycles. The van der Waals surface area contributed by atoms with E-state index in [9.17, 15) is 0 Å². The molecule has 0 spiro atoms. The van der Waals surface area contributed by atoms with E-state index in [-0.39, 0.29) is 0 Å². The average molecular weight is 317 g/mol. The zero-order valence-electron chi connectivity index (χ0n) is 14.0. The van der Waals surface area contributed by atoms with Crippen LogP contribution in [0.2, 0.25) is 0 Å². The highest BCUT2D eigenvalue weighted by Crippen LogP contribution is 2.38. The van der Waals surface area contributed by atoms with Gasteiger partial charge in [-0.25, -0.2) is 0 Å². The Labute approximate surface area is 140 Å². The van der Waals surface area contributed by atoms with Gasteiger partial charge in [0.1, 0.15) is 5.75 Å². The van der Waals surface area contributed by atoms with E-state index in [1.165, 1.54) is 11.1 Å². The molecule has 1 aliphatic heterocycles. The van der Waals surface area contributed by atoms with E-state index in [4.69, 9.17) is 4.74 Å². The van der Waals surface area contributed by atoms with Crippen molar-refractivity contribution in [2.24, 2.45) is 4.99 Å². The van der Waals surface area contributed by atoms with Crippen LogP contribution < -0.4 is 4.74 Å². The van der Waals surface area contributed by atoms with Crippen molar-refractivity contribution in [3.8, 4) is 17.1 Å². The minimum Gasteiger partial charge on any atom is -0.494 e. The van der Waals surface area contributed by atoms with Gasteiger partial charge in [0.05, 0.1) is 29.9 Å². The highest BCUT2D eigenvalue weighted by molar-refractivity contribution is 6.31. The number of benzene rings is 1. The third-order valence-electron chi connectivity index (χ3n) is 4.33. The molecule has 0 radical (unpaired) electrons. The number of nitrogens with one attached hydrogen (secondary N) is 2. The molecule has 2 N–H and O–H groups in total. The summed E-state index contributed by atoms with van der Waals surface area (Å²) in [6.45, 7) is 4.15. The summed E-state index contributed by atoms with van der Waals surface area (Å²) in [5.41, 5.74) is 8.56. The Balaban J connectivity index is 1.82. The number of aryl methyl sites for hydroxylation is 1.